The maximum Gasteiger partial charge on any atom is 0.274 e. The summed E-state index contributed by atoms with van der Waals surface area (Å²) in [5.74, 6) is 0.998. The number of fused-ring (bicyclic) bond motifs is 2. The Kier molecular flexibility index (Phi) is 4.71. The third kappa shape index (κ3) is 3.72. The van der Waals surface area contributed by atoms with E-state index in [1.807, 2.05) is 4.90 Å². The van der Waals surface area contributed by atoms with Crippen molar-refractivity contribution < 1.29 is 23.4 Å². The Morgan fingerprint density at radius 1 is 1.10 bits per heavy atom. The fraction of sp³-hybridized carbons (Fsp3) is 0.333. The number of benzene rings is 2. The lowest BCUT2D eigenvalue weighted by Gasteiger charge is -2.31. The minimum Gasteiger partial charge on any atom is -0.486 e. The van der Waals surface area contributed by atoms with Crippen LogP contribution in [0.15, 0.2) is 36.4 Å². The highest BCUT2D eigenvalue weighted by molar-refractivity contribution is 7.20. The van der Waals surface area contributed by atoms with Crippen LogP contribution in [0, 0.1) is 5.82 Å². The van der Waals surface area contributed by atoms with E-state index in [-0.39, 0.29) is 17.8 Å². The second-order valence-electron chi connectivity index (χ2n) is 7.06. The maximum absolute atomic E-state index is 13.3. The average molecular weight is 414 g/mol. The predicted molar refractivity (Wildman–Crippen MR) is 107 cm³/mol. The van der Waals surface area contributed by atoms with E-state index >= 15 is 0 Å². The highest BCUT2D eigenvalue weighted by Crippen LogP contribution is 2.32. The molecule has 8 heteroatoms. The average Bonchev–Trinajstić information content (AvgIpc) is 3.14. The number of hydrogen-bond acceptors (Lipinski definition) is 6. The molecule has 3 aromatic rings. The number of amides is 1. The molecule has 2 aromatic carbocycles. The molecule has 2 aliphatic heterocycles. The van der Waals surface area contributed by atoms with Gasteiger partial charge in [-0.05, 0) is 36.4 Å². The first-order valence-corrected chi connectivity index (χ1v) is 10.4. The van der Waals surface area contributed by atoms with Crippen LogP contribution in [-0.4, -0.2) is 48.2 Å². The summed E-state index contributed by atoms with van der Waals surface area (Å²) < 4.78 is 31.2. The second kappa shape index (κ2) is 7.51. The Labute approximate surface area is 170 Å². The van der Waals surface area contributed by atoms with Gasteiger partial charge < -0.3 is 19.1 Å². The summed E-state index contributed by atoms with van der Waals surface area (Å²) in [6.45, 7) is 2.23. The number of thiazole rings is 1. The van der Waals surface area contributed by atoms with Crippen molar-refractivity contribution in [3.8, 4) is 16.7 Å². The van der Waals surface area contributed by atoms with E-state index in [0.717, 1.165) is 23.1 Å². The van der Waals surface area contributed by atoms with Crippen LogP contribution in [-0.2, 0) is 0 Å². The van der Waals surface area contributed by atoms with Gasteiger partial charge >= 0.3 is 0 Å². The van der Waals surface area contributed by atoms with Crippen molar-refractivity contribution in [2.24, 2.45) is 0 Å². The summed E-state index contributed by atoms with van der Waals surface area (Å²) in [4.78, 5) is 19.1. The molecule has 0 atom stereocenters. The van der Waals surface area contributed by atoms with Crippen LogP contribution in [0.3, 0.4) is 0 Å². The molecule has 0 aliphatic carbocycles. The number of nitrogens with zero attached hydrogens (tertiary/aromatic N) is 2. The second-order valence-corrected chi connectivity index (χ2v) is 8.05. The quantitative estimate of drug-likeness (QED) is 0.651. The van der Waals surface area contributed by atoms with Gasteiger partial charge in [-0.1, -0.05) is 11.3 Å². The smallest absolute Gasteiger partial charge is 0.274 e. The zero-order chi connectivity index (χ0) is 19.8. The largest absolute Gasteiger partial charge is 0.486 e. The fourth-order valence-electron chi connectivity index (χ4n) is 3.61. The van der Waals surface area contributed by atoms with Gasteiger partial charge in [0, 0.05) is 31.5 Å². The van der Waals surface area contributed by atoms with Crippen molar-refractivity contribution in [2.75, 3.05) is 26.3 Å². The number of carbonyl (C=O) groups is 1. The topological polar surface area (TPSA) is 60.9 Å². The van der Waals surface area contributed by atoms with E-state index in [1.54, 1.807) is 24.3 Å². The number of carbonyl (C=O) groups excluding carboxylic acids is 1. The molecule has 3 heterocycles. The summed E-state index contributed by atoms with van der Waals surface area (Å²) >= 11 is 1.34. The van der Waals surface area contributed by atoms with Gasteiger partial charge in [0.1, 0.15) is 25.1 Å². The monoisotopic (exact) mass is 414 g/mol. The summed E-state index contributed by atoms with van der Waals surface area (Å²) in [5, 5.41) is 0.544. The lowest BCUT2D eigenvalue weighted by Crippen LogP contribution is -2.41. The number of likely N-dealkylation sites (tertiary alicyclic amines) is 1. The minimum absolute atomic E-state index is 0.00951. The predicted octanol–water partition coefficient (Wildman–Crippen LogP) is 3.89. The normalized spacial score (nSPS) is 16.8. The van der Waals surface area contributed by atoms with Crippen LogP contribution < -0.4 is 14.2 Å². The Morgan fingerprint density at radius 2 is 1.90 bits per heavy atom. The van der Waals surface area contributed by atoms with E-state index < -0.39 is 0 Å². The van der Waals surface area contributed by atoms with Crippen molar-refractivity contribution in [3.63, 3.8) is 0 Å². The number of aromatic nitrogens is 1. The van der Waals surface area contributed by atoms with E-state index in [0.29, 0.717) is 48.6 Å². The van der Waals surface area contributed by atoms with Gasteiger partial charge in [-0.25, -0.2) is 9.37 Å². The Morgan fingerprint density at radius 3 is 2.72 bits per heavy atom. The maximum atomic E-state index is 13.3. The minimum atomic E-state index is -0.279. The standard InChI is InChI=1S/C21H19FN2O4S/c22-14-2-3-16-19(12-14)29-21(23-16)28-15-5-7-24(8-6-15)20(25)13-1-4-17-18(11-13)27-10-9-26-17/h1-4,11-12,15H,5-10H2. The summed E-state index contributed by atoms with van der Waals surface area (Å²) in [5.41, 5.74) is 1.33. The highest BCUT2D eigenvalue weighted by Gasteiger charge is 2.26. The van der Waals surface area contributed by atoms with Gasteiger partial charge in [0.15, 0.2) is 11.5 Å². The van der Waals surface area contributed by atoms with Gasteiger partial charge in [0.05, 0.1) is 10.2 Å². The zero-order valence-corrected chi connectivity index (χ0v) is 16.4. The van der Waals surface area contributed by atoms with Gasteiger partial charge in [-0.3, -0.25) is 4.79 Å². The highest BCUT2D eigenvalue weighted by atomic mass is 32.1. The van der Waals surface area contributed by atoms with Crippen LogP contribution in [0.2, 0.25) is 0 Å². The fourth-order valence-corrected chi connectivity index (χ4v) is 4.51. The first-order chi connectivity index (χ1) is 14.2. The van der Waals surface area contributed by atoms with Crippen LogP contribution in [0.4, 0.5) is 4.39 Å². The zero-order valence-electron chi connectivity index (χ0n) is 15.6. The molecular formula is C21H19FN2O4S. The van der Waals surface area contributed by atoms with Crippen molar-refractivity contribution in [3.05, 3.63) is 47.8 Å². The first-order valence-electron chi connectivity index (χ1n) is 9.57. The molecule has 1 aromatic heterocycles. The summed E-state index contributed by atoms with van der Waals surface area (Å²) in [6, 6.07) is 9.83. The number of piperidine rings is 1. The van der Waals surface area contributed by atoms with Crippen LogP contribution in [0.1, 0.15) is 23.2 Å². The summed E-state index contributed by atoms with van der Waals surface area (Å²) in [6.07, 6.45) is 1.44. The number of ether oxygens (including phenoxy) is 3. The Balaban J connectivity index is 1.21. The van der Waals surface area contributed by atoms with Crippen molar-refractivity contribution in [1.82, 2.24) is 9.88 Å². The molecule has 6 nitrogen and oxygen atoms in total. The molecule has 29 heavy (non-hydrogen) atoms. The molecule has 2 aliphatic rings. The van der Waals surface area contributed by atoms with E-state index in [1.165, 1.54) is 23.5 Å². The number of rotatable bonds is 3. The van der Waals surface area contributed by atoms with E-state index in [4.69, 9.17) is 14.2 Å². The first kappa shape index (κ1) is 18.2. The third-order valence-electron chi connectivity index (χ3n) is 5.12. The van der Waals surface area contributed by atoms with Gasteiger partial charge in [-0.2, -0.15) is 0 Å². The van der Waals surface area contributed by atoms with Crippen LogP contribution in [0.5, 0.6) is 16.7 Å². The molecule has 0 saturated carbocycles. The Bertz CT molecular complexity index is 1060. The van der Waals surface area contributed by atoms with Crippen molar-refractivity contribution in [2.45, 2.75) is 18.9 Å². The molecule has 0 radical (unpaired) electrons. The van der Waals surface area contributed by atoms with Crippen molar-refractivity contribution in [1.29, 1.82) is 0 Å². The molecule has 0 spiro atoms. The molecule has 150 valence electrons. The molecular weight excluding hydrogens is 395 g/mol. The molecule has 1 amide bonds. The lowest BCUT2D eigenvalue weighted by atomic mass is 10.1. The number of hydrogen-bond donors (Lipinski definition) is 0. The van der Waals surface area contributed by atoms with E-state index in [9.17, 15) is 9.18 Å². The Hall–Kier alpha value is -2.87. The van der Waals surface area contributed by atoms with Crippen molar-refractivity contribution >= 4 is 27.5 Å². The van der Waals surface area contributed by atoms with E-state index in [2.05, 4.69) is 4.98 Å². The van der Waals surface area contributed by atoms with Crippen LogP contribution in [0.25, 0.3) is 10.2 Å². The lowest BCUT2D eigenvalue weighted by molar-refractivity contribution is 0.0594. The molecule has 5 rings (SSSR count). The molecule has 0 N–H and O–H groups in total. The van der Waals surface area contributed by atoms with Gasteiger partial charge in [0.25, 0.3) is 11.1 Å². The SMILES string of the molecule is O=C(c1ccc2c(c1)OCCO2)N1CCC(Oc2nc3ccc(F)cc3s2)CC1. The molecule has 1 saturated heterocycles. The molecule has 0 bridgehead atoms. The van der Waals surface area contributed by atoms with Crippen LogP contribution >= 0.6 is 11.3 Å². The molecule has 0 unspecified atom stereocenters. The third-order valence-corrected chi connectivity index (χ3v) is 6.03. The molecule has 1 fully saturated rings. The summed E-state index contributed by atoms with van der Waals surface area (Å²) in [7, 11) is 0. The number of halogens is 1. The van der Waals surface area contributed by atoms with Gasteiger partial charge in [-0.15, -0.1) is 0 Å². The van der Waals surface area contributed by atoms with Gasteiger partial charge in [0.2, 0.25) is 0 Å².